The second-order valence-electron chi connectivity index (χ2n) is 5.00. The van der Waals surface area contributed by atoms with E-state index < -0.39 is 0 Å². The average molecular weight is 400 g/mol. The Morgan fingerprint density at radius 1 is 1.00 bits per heavy atom. The molecule has 0 saturated heterocycles. The third-order valence-electron chi connectivity index (χ3n) is 3.39. The first kappa shape index (κ1) is 17.5. The Balaban J connectivity index is 2.10. The van der Waals surface area contributed by atoms with Gasteiger partial charge in [-0.05, 0) is 36.4 Å². The molecule has 0 aliphatic rings. The fourth-order valence-corrected chi connectivity index (χ4v) is 3.63. The molecule has 2 aromatic carbocycles. The second kappa shape index (κ2) is 7.72. The average Bonchev–Trinajstić information content (AvgIpc) is 2.95. The van der Waals surface area contributed by atoms with Gasteiger partial charge < -0.3 is 9.67 Å². The molecule has 1 heterocycles. The molecule has 0 fully saturated rings. The van der Waals surface area contributed by atoms with Crippen LogP contribution in [-0.4, -0.2) is 16.3 Å². The van der Waals surface area contributed by atoms with E-state index in [1.807, 2.05) is 34.2 Å². The van der Waals surface area contributed by atoms with Gasteiger partial charge in [0, 0.05) is 22.5 Å². The number of benzene rings is 2. The van der Waals surface area contributed by atoms with Gasteiger partial charge in [0.25, 0.3) is 0 Å². The largest absolute Gasteiger partial charge is 0.395 e. The van der Waals surface area contributed by atoms with Crippen molar-refractivity contribution in [3.63, 3.8) is 0 Å². The van der Waals surface area contributed by atoms with E-state index in [1.54, 1.807) is 18.2 Å². The highest BCUT2D eigenvalue weighted by molar-refractivity contribution is 7.07. The minimum absolute atomic E-state index is 0.0128. The van der Waals surface area contributed by atoms with Crippen LogP contribution >= 0.6 is 46.1 Å². The Hall–Kier alpha value is -1.30. The van der Waals surface area contributed by atoms with Crippen LogP contribution < -0.4 is 4.80 Å². The summed E-state index contributed by atoms with van der Waals surface area (Å²) in [6.45, 7) is 0.449. The fraction of sp³-hybridized carbons (Fsp3) is 0.118. The van der Waals surface area contributed by atoms with Crippen molar-refractivity contribution in [2.24, 2.45) is 4.99 Å². The van der Waals surface area contributed by atoms with Crippen molar-refractivity contribution in [1.82, 2.24) is 4.57 Å². The van der Waals surface area contributed by atoms with Crippen molar-refractivity contribution in [2.75, 3.05) is 6.61 Å². The maximum atomic E-state index is 9.41. The van der Waals surface area contributed by atoms with Gasteiger partial charge in [-0.3, -0.25) is 0 Å². The highest BCUT2D eigenvalue weighted by Gasteiger charge is 2.09. The number of aromatic nitrogens is 1. The molecule has 0 bridgehead atoms. The lowest BCUT2D eigenvalue weighted by Gasteiger charge is -2.08. The van der Waals surface area contributed by atoms with E-state index in [0.29, 0.717) is 21.6 Å². The molecule has 124 valence electrons. The molecule has 3 rings (SSSR count). The number of aliphatic hydroxyl groups is 1. The van der Waals surface area contributed by atoms with Crippen LogP contribution in [0.5, 0.6) is 0 Å². The van der Waals surface area contributed by atoms with Crippen molar-refractivity contribution in [1.29, 1.82) is 0 Å². The first-order valence-electron chi connectivity index (χ1n) is 7.13. The Labute approximate surface area is 158 Å². The van der Waals surface area contributed by atoms with E-state index in [2.05, 4.69) is 4.99 Å². The van der Waals surface area contributed by atoms with Gasteiger partial charge in [0.2, 0.25) is 0 Å². The molecule has 0 saturated carbocycles. The maximum absolute atomic E-state index is 9.41. The van der Waals surface area contributed by atoms with Gasteiger partial charge >= 0.3 is 0 Å². The Morgan fingerprint density at radius 3 is 2.42 bits per heavy atom. The lowest BCUT2D eigenvalue weighted by atomic mass is 10.2. The molecule has 1 aromatic heterocycles. The summed E-state index contributed by atoms with van der Waals surface area (Å²) in [5, 5.41) is 13.1. The van der Waals surface area contributed by atoms with Crippen LogP contribution in [0.2, 0.25) is 15.1 Å². The van der Waals surface area contributed by atoms with Crippen molar-refractivity contribution in [3.05, 3.63) is 67.7 Å². The second-order valence-corrected chi connectivity index (χ2v) is 7.08. The molecule has 0 unspecified atom stereocenters. The molecule has 7 heteroatoms. The highest BCUT2D eigenvalue weighted by Crippen LogP contribution is 2.29. The normalized spacial score (nSPS) is 11.9. The van der Waals surface area contributed by atoms with E-state index in [9.17, 15) is 5.11 Å². The third-order valence-corrected chi connectivity index (χ3v) is 5.24. The number of thiazole rings is 1. The summed E-state index contributed by atoms with van der Waals surface area (Å²) in [4.78, 5) is 5.42. The summed E-state index contributed by atoms with van der Waals surface area (Å²) >= 11 is 19.5. The van der Waals surface area contributed by atoms with Crippen LogP contribution in [0.1, 0.15) is 0 Å². The van der Waals surface area contributed by atoms with E-state index in [4.69, 9.17) is 34.8 Å². The molecule has 0 amide bonds. The van der Waals surface area contributed by atoms with Crippen molar-refractivity contribution in [2.45, 2.75) is 6.54 Å². The summed E-state index contributed by atoms with van der Waals surface area (Å²) in [6.07, 6.45) is 0. The highest BCUT2D eigenvalue weighted by atomic mass is 35.5. The Kier molecular flexibility index (Phi) is 5.64. The minimum atomic E-state index is 0.0128. The molecule has 0 aliphatic heterocycles. The van der Waals surface area contributed by atoms with Crippen LogP contribution in [0.25, 0.3) is 11.3 Å². The summed E-state index contributed by atoms with van der Waals surface area (Å²) in [6, 6.07) is 12.8. The fourth-order valence-electron chi connectivity index (χ4n) is 2.25. The smallest absolute Gasteiger partial charge is 0.190 e. The zero-order valence-electron chi connectivity index (χ0n) is 12.4. The molecule has 24 heavy (non-hydrogen) atoms. The van der Waals surface area contributed by atoms with Gasteiger partial charge in [0.15, 0.2) is 4.80 Å². The molecule has 3 nitrogen and oxygen atoms in total. The topological polar surface area (TPSA) is 37.5 Å². The molecular formula is C17H13Cl3N2OS. The zero-order chi connectivity index (χ0) is 17.1. The summed E-state index contributed by atoms with van der Waals surface area (Å²) in [5.74, 6) is 0. The van der Waals surface area contributed by atoms with Gasteiger partial charge in [0.1, 0.15) is 0 Å². The van der Waals surface area contributed by atoms with E-state index in [0.717, 1.165) is 21.7 Å². The third kappa shape index (κ3) is 3.85. The molecule has 1 N–H and O–H groups in total. The van der Waals surface area contributed by atoms with E-state index in [1.165, 1.54) is 11.3 Å². The van der Waals surface area contributed by atoms with Crippen LogP contribution in [0.3, 0.4) is 0 Å². The standard InChI is InChI=1S/C17H13Cl3N2OS/c18-12-2-4-13(5-3-12)21-17-22(7-8-23)16(10-24-17)11-1-6-14(19)15(20)9-11/h1-6,9-10,23H,7-8H2. The first-order valence-corrected chi connectivity index (χ1v) is 9.15. The summed E-state index contributed by atoms with van der Waals surface area (Å²) in [7, 11) is 0. The van der Waals surface area contributed by atoms with Gasteiger partial charge in [-0.1, -0.05) is 40.9 Å². The predicted molar refractivity (Wildman–Crippen MR) is 102 cm³/mol. The monoisotopic (exact) mass is 398 g/mol. The lowest BCUT2D eigenvalue weighted by molar-refractivity contribution is 0.275. The quantitative estimate of drug-likeness (QED) is 0.626. The number of hydrogen-bond acceptors (Lipinski definition) is 3. The van der Waals surface area contributed by atoms with E-state index in [-0.39, 0.29) is 6.61 Å². The van der Waals surface area contributed by atoms with Gasteiger partial charge in [-0.15, -0.1) is 11.3 Å². The zero-order valence-corrected chi connectivity index (χ0v) is 15.5. The summed E-state index contributed by atoms with van der Waals surface area (Å²) < 4.78 is 1.96. The molecule has 0 atom stereocenters. The van der Waals surface area contributed by atoms with Gasteiger partial charge in [-0.25, -0.2) is 4.99 Å². The maximum Gasteiger partial charge on any atom is 0.190 e. The number of aliphatic hydroxyl groups excluding tert-OH is 1. The molecular weight excluding hydrogens is 387 g/mol. The SMILES string of the molecule is OCCn1c(-c2ccc(Cl)c(Cl)c2)csc1=Nc1ccc(Cl)cc1. The lowest BCUT2D eigenvalue weighted by Crippen LogP contribution is -2.17. The van der Waals surface area contributed by atoms with Gasteiger partial charge in [0.05, 0.1) is 28.0 Å². The molecule has 0 radical (unpaired) electrons. The number of halogens is 3. The van der Waals surface area contributed by atoms with Crippen molar-refractivity contribution in [3.8, 4) is 11.3 Å². The van der Waals surface area contributed by atoms with Crippen molar-refractivity contribution < 1.29 is 5.11 Å². The predicted octanol–water partition coefficient (Wildman–Crippen LogP) is 5.40. The van der Waals surface area contributed by atoms with Crippen LogP contribution in [0.15, 0.2) is 52.8 Å². The first-order chi connectivity index (χ1) is 11.6. The number of nitrogens with zero attached hydrogens (tertiary/aromatic N) is 2. The Bertz CT molecular complexity index is 916. The van der Waals surface area contributed by atoms with Crippen LogP contribution in [-0.2, 0) is 6.54 Å². The summed E-state index contributed by atoms with van der Waals surface area (Å²) in [5.41, 5.74) is 2.65. The minimum Gasteiger partial charge on any atom is -0.395 e. The molecule has 0 spiro atoms. The Morgan fingerprint density at radius 2 is 1.75 bits per heavy atom. The van der Waals surface area contributed by atoms with Gasteiger partial charge in [-0.2, -0.15) is 0 Å². The number of hydrogen-bond donors (Lipinski definition) is 1. The van der Waals surface area contributed by atoms with Crippen LogP contribution in [0.4, 0.5) is 5.69 Å². The van der Waals surface area contributed by atoms with Crippen LogP contribution in [0, 0.1) is 0 Å². The number of rotatable bonds is 4. The molecule has 0 aliphatic carbocycles. The van der Waals surface area contributed by atoms with Crippen molar-refractivity contribution >= 4 is 51.8 Å². The van der Waals surface area contributed by atoms with E-state index >= 15 is 0 Å². The molecule has 3 aromatic rings.